The monoisotopic (exact) mass is 391 g/mol. The molecule has 4 rings (SSSR count). The number of hydrogen-bond acceptors (Lipinski definition) is 10. The van der Waals surface area contributed by atoms with Gasteiger partial charge < -0.3 is 44.5 Å². The first-order valence-corrected chi connectivity index (χ1v) is 7.77. The minimum Gasteiger partial charge on any atom is -0.544 e. The summed E-state index contributed by atoms with van der Waals surface area (Å²) in [5, 5.41) is 49.7. The molecule has 0 amide bonds. The number of likely N-dealkylation sites (N-methyl/N-ethyl adjacent to an activating group) is 1. The largest absolute Gasteiger partial charge is 0.544 e. The van der Waals surface area contributed by atoms with E-state index < -0.39 is 51.4 Å². The molecular weight excluding hydrogens is 378 g/mol. The van der Waals surface area contributed by atoms with Gasteiger partial charge in [-0.05, 0) is 12.1 Å². The fourth-order valence-corrected chi connectivity index (χ4v) is 2.75. The van der Waals surface area contributed by atoms with Crippen molar-refractivity contribution in [2.75, 3.05) is 13.6 Å². The second kappa shape index (κ2) is 6.63. The maximum absolute atomic E-state index is 12.0. The second-order valence-electron chi connectivity index (χ2n) is 5.76. The summed E-state index contributed by atoms with van der Waals surface area (Å²) in [4.78, 5) is 33.4. The quantitative estimate of drug-likeness (QED) is 0.148. The van der Waals surface area contributed by atoms with Crippen molar-refractivity contribution >= 4 is 38.7 Å². The zero-order valence-corrected chi connectivity index (χ0v) is 14.2. The zero-order chi connectivity index (χ0) is 20.7. The van der Waals surface area contributed by atoms with Crippen molar-refractivity contribution < 1.29 is 44.5 Å². The van der Waals surface area contributed by atoms with Crippen LogP contribution in [0.1, 0.15) is 0 Å². The Morgan fingerprint density at radius 2 is 1.32 bits per heavy atom. The normalized spacial score (nSPS) is 11.0. The van der Waals surface area contributed by atoms with Crippen molar-refractivity contribution in [3.8, 4) is 23.0 Å². The van der Waals surface area contributed by atoms with Gasteiger partial charge in [-0.25, -0.2) is 9.59 Å². The number of phenols is 4. The van der Waals surface area contributed by atoms with Crippen LogP contribution in [0.3, 0.4) is 0 Å². The molecule has 2 heterocycles. The summed E-state index contributed by atoms with van der Waals surface area (Å²) >= 11 is 0. The fourth-order valence-electron chi connectivity index (χ4n) is 2.75. The zero-order valence-electron chi connectivity index (χ0n) is 14.2. The van der Waals surface area contributed by atoms with Crippen LogP contribution in [0.2, 0.25) is 0 Å². The Kier molecular flexibility index (Phi) is 4.45. The van der Waals surface area contributed by atoms with Crippen molar-refractivity contribution in [1.82, 2.24) is 0 Å². The Balaban J connectivity index is 0.000000330. The number of carbonyl (C=O) groups is 1. The number of carbonyl (C=O) groups excluding carboxylic acids is 1. The lowest BCUT2D eigenvalue weighted by atomic mass is 10.0. The van der Waals surface area contributed by atoms with E-state index in [-0.39, 0.29) is 28.1 Å². The number of aromatic hydroxyl groups is 4. The molecule has 0 aliphatic rings. The third-order valence-corrected chi connectivity index (χ3v) is 3.92. The summed E-state index contributed by atoms with van der Waals surface area (Å²) in [6.07, 6.45) is 0. The molecule has 28 heavy (non-hydrogen) atoms. The predicted octanol–water partition coefficient (Wildman–Crippen LogP) is -1.76. The number of nitrogens with two attached hydrogens (primary N) is 1. The van der Waals surface area contributed by atoms with E-state index in [4.69, 9.17) is 8.83 Å². The molecule has 0 saturated heterocycles. The van der Waals surface area contributed by atoms with E-state index in [9.17, 15) is 39.9 Å². The van der Waals surface area contributed by atoms with Crippen molar-refractivity contribution in [3.05, 3.63) is 33.0 Å². The third-order valence-electron chi connectivity index (χ3n) is 3.92. The maximum Gasteiger partial charge on any atom is 0.344 e. The van der Waals surface area contributed by atoms with Crippen LogP contribution in [0.15, 0.2) is 30.6 Å². The van der Waals surface area contributed by atoms with Gasteiger partial charge in [0.25, 0.3) is 0 Å². The number of quaternary nitrogens is 1. The summed E-state index contributed by atoms with van der Waals surface area (Å²) in [7, 11) is 1.68. The average Bonchev–Trinajstić information content (AvgIpc) is 2.62. The highest BCUT2D eigenvalue weighted by molar-refractivity contribution is 6.22. The Hall–Kier alpha value is -3.99. The van der Waals surface area contributed by atoms with Crippen LogP contribution in [0.5, 0.6) is 23.0 Å². The van der Waals surface area contributed by atoms with Gasteiger partial charge in [0.1, 0.15) is 6.54 Å². The lowest BCUT2D eigenvalue weighted by molar-refractivity contribution is -0.622. The van der Waals surface area contributed by atoms with Crippen molar-refractivity contribution in [3.63, 3.8) is 0 Å². The SMILES string of the molecule is C[NH2+]CC(=O)[O-].O=c1oc2c(O)c(O)cc3c(=O)oc4c(O)c(O)cc1c4c23. The maximum atomic E-state index is 12.0. The van der Waals surface area contributed by atoms with Crippen LogP contribution in [-0.2, 0) is 4.79 Å². The molecule has 4 aromatic rings. The molecule has 0 saturated carbocycles. The van der Waals surface area contributed by atoms with E-state index in [1.165, 1.54) is 5.32 Å². The molecule has 0 aliphatic carbocycles. The standard InChI is InChI=1S/C14H6O8.C3H7NO2/c15-5-1-3-7-8-4(14(20)22-11(7)9(5)17)2-6(16)10(18)12(8)21-13(3)19;1-4-2-3(5)6/h1-2,15-18H;4H,2H2,1H3,(H,5,6). The van der Waals surface area contributed by atoms with Gasteiger partial charge in [0.05, 0.1) is 23.8 Å². The molecule has 0 bridgehead atoms. The number of carboxylic acids is 1. The summed E-state index contributed by atoms with van der Waals surface area (Å²) < 4.78 is 9.87. The van der Waals surface area contributed by atoms with E-state index in [0.29, 0.717) is 0 Å². The first-order chi connectivity index (χ1) is 13.2. The van der Waals surface area contributed by atoms with E-state index in [1.807, 2.05) is 0 Å². The molecule has 0 unspecified atom stereocenters. The lowest BCUT2D eigenvalue weighted by Crippen LogP contribution is -2.82. The van der Waals surface area contributed by atoms with Crippen LogP contribution in [-0.4, -0.2) is 40.0 Å². The van der Waals surface area contributed by atoms with Crippen molar-refractivity contribution in [1.29, 1.82) is 0 Å². The van der Waals surface area contributed by atoms with Crippen molar-refractivity contribution in [2.24, 2.45) is 0 Å². The molecule has 0 atom stereocenters. The molecule has 146 valence electrons. The Morgan fingerprint density at radius 3 is 1.61 bits per heavy atom. The molecule has 11 heteroatoms. The van der Waals surface area contributed by atoms with Gasteiger partial charge in [-0.3, -0.25) is 0 Å². The fraction of sp³-hybridized carbons (Fsp3) is 0.118. The van der Waals surface area contributed by atoms with Crippen LogP contribution in [0.4, 0.5) is 0 Å². The third kappa shape index (κ3) is 2.79. The van der Waals surface area contributed by atoms with Crippen LogP contribution >= 0.6 is 0 Å². The number of rotatable bonds is 2. The van der Waals surface area contributed by atoms with Gasteiger partial charge in [0, 0.05) is 10.8 Å². The molecule has 0 fully saturated rings. The molecule has 2 aromatic carbocycles. The van der Waals surface area contributed by atoms with E-state index >= 15 is 0 Å². The van der Waals surface area contributed by atoms with Crippen molar-refractivity contribution in [2.45, 2.75) is 0 Å². The Bertz CT molecular complexity index is 1240. The number of phenolic OH excluding ortho intramolecular Hbond substituents is 4. The molecule has 2 aromatic heterocycles. The van der Waals surface area contributed by atoms with Crippen LogP contribution < -0.4 is 21.7 Å². The summed E-state index contributed by atoms with van der Waals surface area (Å²) in [5.74, 6) is -3.77. The van der Waals surface area contributed by atoms with Crippen LogP contribution in [0.25, 0.3) is 32.7 Å². The molecular formula is C17H13NO10. The average molecular weight is 391 g/mol. The number of aliphatic carboxylic acids is 1. The van der Waals surface area contributed by atoms with Gasteiger partial charge >= 0.3 is 11.3 Å². The summed E-state index contributed by atoms with van der Waals surface area (Å²) in [6.45, 7) is 0.0556. The number of benzene rings is 2. The van der Waals surface area contributed by atoms with Gasteiger partial charge in [-0.2, -0.15) is 0 Å². The Morgan fingerprint density at radius 1 is 0.929 bits per heavy atom. The summed E-state index contributed by atoms with van der Waals surface area (Å²) in [6, 6.07) is 1.93. The number of carboxylic acid groups (broad SMARTS) is 1. The smallest absolute Gasteiger partial charge is 0.344 e. The van der Waals surface area contributed by atoms with E-state index in [1.54, 1.807) is 7.05 Å². The van der Waals surface area contributed by atoms with E-state index in [2.05, 4.69) is 0 Å². The first kappa shape index (κ1) is 18.8. The Labute approximate surface area is 153 Å². The van der Waals surface area contributed by atoms with Crippen LogP contribution in [0, 0.1) is 0 Å². The number of hydrogen-bond donors (Lipinski definition) is 5. The van der Waals surface area contributed by atoms with Gasteiger partial charge in [0.15, 0.2) is 22.7 Å². The van der Waals surface area contributed by atoms with Gasteiger partial charge in [-0.15, -0.1) is 0 Å². The molecule has 6 N–H and O–H groups in total. The van der Waals surface area contributed by atoms with E-state index in [0.717, 1.165) is 12.1 Å². The molecule has 11 nitrogen and oxygen atoms in total. The highest BCUT2D eigenvalue weighted by Gasteiger charge is 2.24. The lowest BCUT2D eigenvalue weighted by Gasteiger charge is -2.10. The first-order valence-electron chi connectivity index (χ1n) is 7.77. The minimum absolute atomic E-state index is 0.00597. The second-order valence-corrected chi connectivity index (χ2v) is 5.76. The highest BCUT2D eigenvalue weighted by atomic mass is 16.4. The van der Waals surface area contributed by atoms with Gasteiger partial charge in [0.2, 0.25) is 11.5 Å². The topological polar surface area (TPSA) is 198 Å². The highest BCUT2D eigenvalue weighted by Crippen LogP contribution is 2.44. The van der Waals surface area contributed by atoms with Gasteiger partial charge in [-0.1, -0.05) is 0 Å². The summed E-state index contributed by atoms with van der Waals surface area (Å²) in [5.41, 5.74) is -2.70. The molecule has 0 spiro atoms. The molecule has 0 radical (unpaired) electrons. The molecule has 0 aliphatic heterocycles. The minimum atomic E-state index is -1.02. The predicted molar refractivity (Wildman–Crippen MR) is 91.6 cm³/mol.